The molecule has 2 amide bonds. The summed E-state index contributed by atoms with van der Waals surface area (Å²) in [4.78, 5) is 31.7. The van der Waals surface area contributed by atoms with E-state index in [9.17, 15) is 9.59 Å². The second-order valence-electron chi connectivity index (χ2n) is 7.72. The van der Waals surface area contributed by atoms with Gasteiger partial charge in [0.25, 0.3) is 11.8 Å². The number of carbonyl (C=O) groups is 2. The monoisotopic (exact) mass is 413 g/mol. The highest BCUT2D eigenvalue weighted by Gasteiger charge is 2.36. The fraction of sp³-hybridized carbons (Fsp3) is 0.435. The summed E-state index contributed by atoms with van der Waals surface area (Å²) in [7, 11) is 1.65. The summed E-state index contributed by atoms with van der Waals surface area (Å²) < 4.78 is 0. The minimum Gasteiger partial charge on any atom is -0.337 e. The lowest BCUT2D eigenvalue weighted by Gasteiger charge is -2.29. The Bertz CT molecular complexity index is 879. The zero-order valence-electron chi connectivity index (χ0n) is 17.2. The fourth-order valence-corrected chi connectivity index (χ4v) is 4.01. The molecule has 0 radical (unpaired) electrons. The quantitative estimate of drug-likeness (QED) is 0.564. The first-order valence-electron chi connectivity index (χ1n) is 10.1. The average Bonchev–Trinajstić information content (AvgIpc) is 2.80. The molecule has 6 heteroatoms. The Morgan fingerprint density at radius 3 is 2.76 bits per heavy atom. The largest absolute Gasteiger partial charge is 0.337 e. The van der Waals surface area contributed by atoms with E-state index in [4.69, 9.17) is 11.6 Å². The van der Waals surface area contributed by atoms with Gasteiger partial charge in [-0.15, -0.1) is 11.6 Å². The van der Waals surface area contributed by atoms with Gasteiger partial charge in [0.2, 0.25) is 0 Å². The first-order valence-corrected chi connectivity index (χ1v) is 10.5. The number of nitrogens with one attached hydrogen (secondary N) is 1. The number of rotatable bonds is 4. The third kappa shape index (κ3) is 4.45. The van der Waals surface area contributed by atoms with Gasteiger partial charge >= 0.3 is 0 Å². The molecule has 0 aromatic rings. The summed E-state index contributed by atoms with van der Waals surface area (Å²) in [6.45, 7) is 8.86. The molecule has 0 aromatic carbocycles. The van der Waals surface area contributed by atoms with Gasteiger partial charge in [0.15, 0.2) is 0 Å². The Kier molecular flexibility index (Phi) is 6.58. The van der Waals surface area contributed by atoms with Crippen LogP contribution >= 0.6 is 11.6 Å². The molecule has 0 saturated carbocycles. The zero-order valence-corrected chi connectivity index (χ0v) is 18.0. The molecule has 2 heterocycles. The van der Waals surface area contributed by atoms with Crippen LogP contribution in [0.4, 0.5) is 0 Å². The van der Waals surface area contributed by atoms with Crippen molar-refractivity contribution in [2.24, 2.45) is 10.9 Å². The lowest BCUT2D eigenvalue weighted by Crippen LogP contribution is -2.45. The van der Waals surface area contributed by atoms with Crippen LogP contribution in [0, 0.1) is 5.92 Å². The van der Waals surface area contributed by atoms with Crippen LogP contribution in [0.2, 0.25) is 0 Å². The van der Waals surface area contributed by atoms with Gasteiger partial charge in [-0.05, 0) is 48.0 Å². The van der Waals surface area contributed by atoms with Crippen LogP contribution in [-0.2, 0) is 9.59 Å². The van der Waals surface area contributed by atoms with Crippen molar-refractivity contribution in [2.75, 3.05) is 13.6 Å². The number of nitrogens with zero attached hydrogens (tertiary/aromatic N) is 2. The van der Waals surface area contributed by atoms with E-state index in [2.05, 4.69) is 36.0 Å². The number of hydrogen-bond donors (Lipinski definition) is 1. The molecule has 0 bridgehead atoms. The summed E-state index contributed by atoms with van der Waals surface area (Å²) in [6.07, 6.45) is 12.0. The molecular formula is C23H28ClN3O2. The molecule has 2 unspecified atom stereocenters. The van der Waals surface area contributed by atoms with Crippen molar-refractivity contribution in [1.29, 1.82) is 0 Å². The molecule has 1 N–H and O–H groups in total. The highest BCUT2D eigenvalue weighted by atomic mass is 35.5. The summed E-state index contributed by atoms with van der Waals surface area (Å²) in [5.41, 5.74) is 4.21. The number of hydrogen-bond acceptors (Lipinski definition) is 3. The molecule has 3 aliphatic rings. The predicted molar refractivity (Wildman–Crippen MR) is 118 cm³/mol. The molecule has 154 valence electrons. The van der Waals surface area contributed by atoms with E-state index in [-0.39, 0.29) is 23.1 Å². The van der Waals surface area contributed by atoms with Crippen LogP contribution in [0.1, 0.15) is 33.1 Å². The second-order valence-corrected chi connectivity index (χ2v) is 8.28. The van der Waals surface area contributed by atoms with Gasteiger partial charge in [0.05, 0.1) is 11.0 Å². The Labute approximate surface area is 177 Å². The standard InChI is InChI=1S/C23H28ClN3O2/c1-5-18(24)13-20-15(3)27(4)23(29)21(26-22(20)28)17-6-7-19(14(2)12-17)16-8-10-25-11-9-16/h6-8,10,13-14,18,21H,3,5,9,11-12H2,1-2,4H3,(H,26,28)/b20-13+/t14-,18?,21?/m0/s1. The predicted octanol–water partition coefficient (Wildman–Crippen LogP) is 3.69. The SMILES string of the molecule is C=C1/C(=C\C(Cl)CC)C(=O)NC(C2=CC=C(C3=CC=NCC3)[C@@H](C)C2)C(=O)N1C. The van der Waals surface area contributed by atoms with Crippen molar-refractivity contribution in [3.63, 3.8) is 0 Å². The average molecular weight is 414 g/mol. The highest BCUT2D eigenvalue weighted by Crippen LogP contribution is 2.34. The molecule has 2 aliphatic heterocycles. The van der Waals surface area contributed by atoms with E-state index in [0.29, 0.717) is 24.1 Å². The summed E-state index contributed by atoms with van der Waals surface area (Å²) in [6, 6.07) is -0.701. The van der Waals surface area contributed by atoms with E-state index >= 15 is 0 Å². The van der Waals surface area contributed by atoms with Gasteiger partial charge in [-0.3, -0.25) is 14.6 Å². The van der Waals surface area contributed by atoms with Crippen molar-refractivity contribution in [2.45, 2.75) is 44.5 Å². The lowest BCUT2D eigenvalue weighted by atomic mass is 9.81. The Balaban J connectivity index is 1.91. The minimum atomic E-state index is -0.701. The first-order chi connectivity index (χ1) is 13.8. The van der Waals surface area contributed by atoms with Crippen molar-refractivity contribution in [3.05, 3.63) is 58.9 Å². The number of likely N-dealkylation sites (N-methyl/N-ethyl adjacent to an activating group) is 1. The normalized spacial score (nSPS) is 27.9. The van der Waals surface area contributed by atoms with Crippen molar-refractivity contribution in [3.8, 4) is 0 Å². The topological polar surface area (TPSA) is 61.8 Å². The summed E-state index contributed by atoms with van der Waals surface area (Å²) >= 11 is 6.23. The maximum Gasteiger partial charge on any atom is 0.254 e. The van der Waals surface area contributed by atoms with Crippen LogP contribution in [0.5, 0.6) is 0 Å². The van der Waals surface area contributed by atoms with E-state index in [1.54, 1.807) is 13.1 Å². The highest BCUT2D eigenvalue weighted by molar-refractivity contribution is 6.22. The molecule has 3 rings (SSSR count). The first kappa shape index (κ1) is 21.3. The fourth-order valence-electron chi connectivity index (χ4n) is 3.89. The molecule has 1 saturated heterocycles. The Morgan fingerprint density at radius 2 is 2.14 bits per heavy atom. The van der Waals surface area contributed by atoms with Crippen LogP contribution in [0.3, 0.4) is 0 Å². The van der Waals surface area contributed by atoms with Gasteiger partial charge < -0.3 is 10.2 Å². The van der Waals surface area contributed by atoms with E-state index in [1.807, 2.05) is 19.2 Å². The molecule has 0 spiro atoms. The molecule has 5 nitrogen and oxygen atoms in total. The molecular weight excluding hydrogens is 386 g/mol. The lowest BCUT2D eigenvalue weighted by molar-refractivity contribution is -0.130. The Hall–Kier alpha value is -2.40. The van der Waals surface area contributed by atoms with Crippen LogP contribution in [-0.4, -0.2) is 47.9 Å². The Morgan fingerprint density at radius 1 is 1.38 bits per heavy atom. The molecule has 29 heavy (non-hydrogen) atoms. The number of allylic oxidation sites excluding steroid dienone is 5. The van der Waals surface area contributed by atoms with E-state index in [0.717, 1.165) is 18.5 Å². The third-order valence-corrected chi connectivity index (χ3v) is 6.17. The number of amides is 2. The maximum atomic E-state index is 13.1. The summed E-state index contributed by atoms with van der Waals surface area (Å²) in [5, 5.41) is 2.61. The molecule has 3 atom stereocenters. The van der Waals surface area contributed by atoms with Gasteiger partial charge in [-0.25, -0.2) is 0 Å². The van der Waals surface area contributed by atoms with Crippen LogP contribution < -0.4 is 5.32 Å². The van der Waals surface area contributed by atoms with Crippen molar-refractivity contribution in [1.82, 2.24) is 10.2 Å². The minimum absolute atomic E-state index is 0.186. The molecule has 0 aromatic heterocycles. The molecule has 1 aliphatic carbocycles. The van der Waals surface area contributed by atoms with Crippen LogP contribution in [0.15, 0.2) is 63.9 Å². The van der Waals surface area contributed by atoms with E-state index < -0.39 is 6.04 Å². The molecule has 1 fully saturated rings. The van der Waals surface area contributed by atoms with Gasteiger partial charge in [0.1, 0.15) is 6.04 Å². The number of alkyl halides is 1. The maximum absolute atomic E-state index is 13.1. The third-order valence-electron chi connectivity index (χ3n) is 5.73. The van der Waals surface area contributed by atoms with Gasteiger partial charge in [-0.2, -0.15) is 0 Å². The second kappa shape index (κ2) is 8.95. The van der Waals surface area contributed by atoms with Gasteiger partial charge in [-0.1, -0.05) is 38.7 Å². The van der Waals surface area contributed by atoms with Crippen LogP contribution in [0.25, 0.3) is 0 Å². The number of aliphatic imine (C=N–C) groups is 1. The smallest absolute Gasteiger partial charge is 0.254 e. The number of dihydropyridines is 1. The zero-order chi connectivity index (χ0) is 21.1. The summed E-state index contributed by atoms with van der Waals surface area (Å²) in [5.74, 6) is -0.239. The number of halogens is 1. The van der Waals surface area contributed by atoms with Gasteiger partial charge in [0, 0.05) is 25.5 Å². The van der Waals surface area contributed by atoms with E-state index in [1.165, 1.54) is 16.0 Å². The van der Waals surface area contributed by atoms with Crippen molar-refractivity contribution < 1.29 is 9.59 Å². The van der Waals surface area contributed by atoms with Crippen molar-refractivity contribution >= 4 is 29.6 Å². The number of carbonyl (C=O) groups excluding carboxylic acids is 2.